The van der Waals surface area contributed by atoms with E-state index in [4.69, 9.17) is 0 Å². The largest absolute Gasteiger partial charge is 0.422 e. The number of halogens is 6. The van der Waals surface area contributed by atoms with Crippen molar-refractivity contribution in [3.63, 3.8) is 0 Å². The van der Waals surface area contributed by atoms with E-state index in [1.54, 1.807) is 6.92 Å². The molecule has 0 saturated heterocycles. The summed E-state index contributed by atoms with van der Waals surface area (Å²) in [5, 5.41) is 0. The van der Waals surface area contributed by atoms with E-state index < -0.39 is 34.9 Å². The van der Waals surface area contributed by atoms with E-state index in [0.29, 0.717) is 6.07 Å². The van der Waals surface area contributed by atoms with Crippen molar-refractivity contribution in [1.29, 1.82) is 0 Å². The van der Waals surface area contributed by atoms with Crippen LogP contribution in [-0.4, -0.2) is 13.1 Å². The van der Waals surface area contributed by atoms with Crippen LogP contribution >= 0.6 is 0 Å². The summed E-state index contributed by atoms with van der Waals surface area (Å²) in [4.78, 5) is 1.30. The van der Waals surface area contributed by atoms with Gasteiger partial charge in [0, 0.05) is 19.2 Å². The number of nitrogens with zero attached hydrogens (tertiary/aromatic N) is 1. The van der Waals surface area contributed by atoms with E-state index in [0.717, 1.165) is 12.8 Å². The van der Waals surface area contributed by atoms with Crippen molar-refractivity contribution in [2.75, 3.05) is 18.0 Å². The van der Waals surface area contributed by atoms with Crippen LogP contribution in [0.1, 0.15) is 39.2 Å². The van der Waals surface area contributed by atoms with Gasteiger partial charge in [-0.15, -0.1) is 0 Å². The summed E-state index contributed by atoms with van der Waals surface area (Å²) in [5.74, 6) is -5.58. The molecule has 0 amide bonds. The van der Waals surface area contributed by atoms with Crippen LogP contribution in [0.25, 0.3) is 0 Å². The van der Waals surface area contributed by atoms with Crippen molar-refractivity contribution >= 4 is 5.69 Å². The first kappa shape index (κ1) is 18.6. The predicted molar refractivity (Wildman–Crippen MR) is 73.3 cm³/mol. The molecule has 0 spiro atoms. The molecular weight excluding hydrogens is 308 g/mol. The molecule has 0 N–H and O–H groups in total. The minimum Gasteiger partial charge on any atom is -0.369 e. The number of benzene rings is 1. The third-order valence-electron chi connectivity index (χ3n) is 3.46. The standard InChI is InChI=1S/C15H19F6N/c1-4-6-9(3)8-22(5-2)11-7-10(16)13(17)12(14(11)18)15(19,20)21/h7,9H,4-6,8H2,1-3H3. The highest BCUT2D eigenvalue weighted by molar-refractivity contribution is 5.52. The van der Waals surface area contributed by atoms with Crippen molar-refractivity contribution in [3.8, 4) is 0 Å². The molecule has 1 unspecified atom stereocenters. The average molecular weight is 327 g/mol. The van der Waals surface area contributed by atoms with Gasteiger partial charge in [-0.2, -0.15) is 13.2 Å². The highest BCUT2D eigenvalue weighted by atomic mass is 19.4. The van der Waals surface area contributed by atoms with Crippen molar-refractivity contribution in [2.24, 2.45) is 5.92 Å². The van der Waals surface area contributed by atoms with Gasteiger partial charge in [0.1, 0.15) is 5.56 Å². The predicted octanol–water partition coefficient (Wildman–Crippen LogP) is 5.39. The molecule has 1 rings (SSSR count). The second-order valence-electron chi connectivity index (χ2n) is 5.31. The molecule has 0 fully saturated rings. The molecule has 22 heavy (non-hydrogen) atoms. The van der Waals surface area contributed by atoms with E-state index in [2.05, 4.69) is 0 Å². The van der Waals surface area contributed by atoms with Gasteiger partial charge in [-0.25, -0.2) is 13.2 Å². The summed E-state index contributed by atoms with van der Waals surface area (Å²) in [6.07, 6.45) is -3.62. The molecule has 0 bridgehead atoms. The minimum absolute atomic E-state index is 0.0896. The summed E-state index contributed by atoms with van der Waals surface area (Å²) in [5.41, 5.74) is -2.74. The Morgan fingerprint density at radius 2 is 1.68 bits per heavy atom. The first-order valence-corrected chi connectivity index (χ1v) is 7.13. The molecule has 0 aliphatic carbocycles. The lowest BCUT2D eigenvalue weighted by Crippen LogP contribution is -2.30. The lowest BCUT2D eigenvalue weighted by Gasteiger charge is -2.28. The topological polar surface area (TPSA) is 3.24 Å². The van der Waals surface area contributed by atoms with E-state index in [-0.39, 0.29) is 19.0 Å². The molecule has 1 nitrogen and oxygen atoms in total. The fourth-order valence-corrected chi connectivity index (χ4v) is 2.43. The molecule has 0 radical (unpaired) electrons. The Labute approximate surface area is 125 Å². The number of rotatable bonds is 6. The number of alkyl halides is 3. The molecule has 1 aromatic rings. The smallest absolute Gasteiger partial charge is 0.369 e. The maximum absolute atomic E-state index is 14.1. The number of hydrogen-bond acceptors (Lipinski definition) is 1. The molecule has 0 saturated carbocycles. The van der Waals surface area contributed by atoms with Crippen molar-refractivity contribution in [2.45, 2.75) is 39.8 Å². The zero-order valence-corrected chi connectivity index (χ0v) is 12.7. The summed E-state index contributed by atoms with van der Waals surface area (Å²) >= 11 is 0. The van der Waals surface area contributed by atoms with E-state index in [1.165, 1.54) is 4.90 Å². The molecule has 0 aromatic heterocycles. The first-order chi connectivity index (χ1) is 10.1. The normalized spacial score (nSPS) is 13.3. The van der Waals surface area contributed by atoms with Gasteiger partial charge in [0.2, 0.25) is 0 Å². The highest BCUT2D eigenvalue weighted by Crippen LogP contribution is 2.38. The van der Waals surface area contributed by atoms with E-state index >= 15 is 0 Å². The van der Waals surface area contributed by atoms with Gasteiger partial charge >= 0.3 is 6.18 Å². The second-order valence-corrected chi connectivity index (χ2v) is 5.31. The Hall–Kier alpha value is -1.40. The van der Waals surface area contributed by atoms with Gasteiger partial charge in [0.15, 0.2) is 17.5 Å². The van der Waals surface area contributed by atoms with Crippen LogP contribution in [0.5, 0.6) is 0 Å². The molecule has 1 aromatic carbocycles. The quantitative estimate of drug-likeness (QED) is 0.500. The van der Waals surface area contributed by atoms with Gasteiger partial charge in [-0.3, -0.25) is 0 Å². The van der Waals surface area contributed by atoms with Crippen LogP contribution in [0, 0.1) is 23.4 Å². The van der Waals surface area contributed by atoms with Crippen LogP contribution < -0.4 is 4.90 Å². The third kappa shape index (κ3) is 4.08. The Morgan fingerprint density at radius 3 is 2.14 bits per heavy atom. The minimum atomic E-state index is -5.29. The van der Waals surface area contributed by atoms with Gasteiger partial charge in [0.25, 0.3) is 0 Å². The van der Waals surface area contributed by atoms with Crippen LogP contribution in [0.15, 0.2) is 6.07 Å². The highest BCUT2D eigenvalue weighted by Gasteiger charge is 2.41. The van der Waals surface area contributed by atoms with Gasteiger partial charge < -0.3 is 4.90 Å². The SMILES string of the molecule is CCCC(C)CN(CC)c1cc(F)c(F)c(C(F)(F)F)c1F. The average Bonchev–Trinajstić information content (AvgIpc) is 2.39. The maximum atomic E-state index is 14.1. The molecule has 0 aliphatic heterocycles. The summed E-state index contributed by atoms with van der Waals surface area (Å²) < 4.78 is 79.2. The summed E-state index contributed by atoms with van der Waals surface area (Å²) in [6.45, 7) is 5.89. The fraction of sp³-hybridized carbons (Fsp3) is 0.600. The number of anilines is 1. The molecule has 126 valence electrons. The second kappa shape index (κ2) is 7.24. The molecular formula is C15H19F6N. The Kier molecular flexibility index (Phi) is 6.14. The first-order valence-electron chi connectivity index (χ1n) is 7.13. The summed E-state index contributed by atoms with van der Waals surface area (Å²) in [6, 6.07) is 0.488. The van der Waals surface area contributed by atoms with Crippen LogP contribution in [0.3, 0.4) is 0 Å². The van der Waals surface area contributed by atoms with Gasteiger partial charge in [-0.05, 0) is 19.3 Å². The van der Waals surface area contributed by atoms with Crippen LogP contribution in [0.4, 0.5) is 32.0 Å². The monoisotopic (exact) mass is 327 g/mol. The summed E-state index contributed by atoms with van der Waals surface area (Å²) in [7, 11) is 0. The lowest BCUT2D eigenvalue weighted by atomic mass is 10.0. The van der Waals surface area contributed by atoms with E-state index in [1.807, 2.05) is 13.8 Å². The zero-order chi connectivity index (χ0) is 17.1. The van der Waals surface area contributed by atoms with Gasteiger partial charge in [0.05, 0.1) is 5.69 Å². The van der Waals surface area contributed by atoms with Crippen LogP contribution in [0.2, 0.25) is 0 Å². The van der Waals surface area contributed by atoms with Crippen LogP contribution in [-0.2, 0) is 6.18 Å². The van der Waals surface area contributed by atoms with E-state index in [9.17, 15) is 26.3 Å². The zero-order valence-electron chi connectivity index (χ0n) is 12.7. The lowest BCUT2D eigenvalue weighted by molar-refractivity contribution is -0.142. The van der Waals surface area contributed by atoms with Crippen molar-refractivity contribution < 1.29 is 26.3 Å². The molecule has 0 heterocycles. The van der Waals surface area contributed by atoms with Gasteiger partial charge in [-0.1, -0.05) is 20.3 Å². The molecule has 0 aliphatic rings. The Morgan fingerprint density at radius 1 is 1.09 bits per heavy atom. The third-order valence-corrected chi connectivity index (χ3v) is 3.46. The van der Waals surface area contributed by atoms with Crippen molar-refractivity contribution in [1.82, 2.24) is 0 Å². The molecule has 7 heteroatoms. The Balaban J connectivity index is 3.31. The maximum Gasteiger partial charge on any atom is 0.422 e. The molecule has 1 atom stereocenters. The fourth-order valence-electron chi connectivity index (χ4n) is 2.43. The Bertz CT molecular complexity index is 512. The van der Waals surface area contributed by atoms with Crippen molar-refractivity contribution in [3.05, 3.63) is 29.1 Å². The number of hydrogen-bond donors (Lipinski definition) is 0.